The number of hydrogen-bond acceptors (Lipinski definition) is 2. The summed E-state index contributed by atoms with van der Waals surface area (Å²) in [4.78, 5) is 2.48. The van der Waals surface area contributed by atoms with Crippen LogP contribution in [0.1, 0.15) is 45.1 Å². The van der Waals surface area contributed by atoms with Gasteiger partial charge in [-0.25, -0.2) is 0 Å². The Hall–Kier alpha value is 0.140. The molecule has 1 nitrogen and oxygen atoms in total. The molecule has 0 N–H and O–H groups in total. The van der Waals surface area contributed by atoms with Gasteiger partial charge in [-0.15, -0.1) is 0 Å². The zero-order chi connectivity index (χ0) is 13.4. The number of hydrogen-bond donors (Lipinski definition) is 0. The molecular formula is C15H26BrNS. The molecule has 0 radical (unpaired) electrons. The number of thiophene rings is 1. The first kappa shape index (κ1) is 16.2. The van der Waals surface area contributed by atoms with Gasteiger partial charge in [-0.05, 0) is 47.7 Å². The van der Waals surface area contributed by atoms with Gasteiger partial charge >= 0.3 is 0 Å². The molecule has 0 saturated heterocycles. The van der Waals surface area contributed by atoms with Crippen LogP contribution in [0.4, 0.5) is 0 Å². The van der Waals surface area contributed by atoms with Crippen LogP contribution in [0.5, 0.6) is 0 Å². The van der Waals surface area contributed by atoms with Gasteiger partial charge in [0.2, 0.25) is 0 Å². The van der Waals surface area contributed by atoms with E-state index in [0.29, 0.717) is 5.41 Å². The van der Waals surface area contributed by atoms with Crippen molar-refractivity contribution in [3.05, 3.63) is 22.4 Å². The van der Waals surface area contributed by atoms with E-state index in [2.05, 4.69) is 58.6 Å². The molecule has 0 aromatic carbocycles. The maximum atomic E-state index is 3.76. The van der Waals surface area contributed by atoms with E-state index in [1.807, 2.05) is 0 Å². The van der Waals surface area contributed by atoms with Crippen molar-refractivity contribution in [2.75, 3.05) is 18.9 Å². The standard InChI is InChI=1S/C15H26BrNS/c1-4-7-15(12-16,8-5-2)13-17(3)10-14-6-9-18-11-14/h6,9,11H,4-5,7-8,10,12-13H2,1-3H3. The van der Waals surface area contributed by atoms with E-state index in [9.17, 15) is 0 Å². The molecule has 1 rings (SSSR count). The number of rotatable bonds is 9. The Labute approximate surface area is 125 Å². The van der Waals surface area contributed by atoms with E-state index in [1.165, 1.54) is 37.8 Å². The summed E-state index contributed by atoms with van der Waals surface area (Å²) in [7, 11) is 2.25. The highest BCUT2D eigenvalue weighted by molar-refractivity contribution is 9.09. The average Bonchev–Trinajstić information content (AvgIpc) is 2.82. The fraction of sp³-hybridized carbons (Fsp3) is 0.733. The van der Waals surface area contributed by atoms with Crippen LogP contribution in [0.3, 0.4) is 0 Å². The van der Waals surface area contributed by atoms with Gasteiger partial charge in [0.1, 0.15) is 0 Å². The Morgan fingerprint density at radius 3 is 2.39 bits per heavy atom. The van der Waals surface area contributed by atoms with Crippen LogP contribution in [-0.4, -0.2) is 23.8 Å². The first-order valence-electron chi connectivity index (χ1n) is 6.91. The Morgan fingerprint density at radius 2 is 1.94 bits per heavy atom. The molecule has 0 aliphatic rings. The topological polar surface area (TPSA) is 3.24 Å². The quantitative estimate of drug-likeness (QED) is 0.565. The van der Waals surface area contributed by atoms with Crippen LogP contribution < -0.4 is 0 Å². The highest BCUT2D eigenvalue weighted by atomic mass is 79.9. The predicted molar refractivity (Wildman–Crippen MR) is 86.7 cm³/mol. The molecule has 0 aliphatic carbocycles. The normalized spacial score (nSPS) is 12.3. The summed E-state index contributed by atoms with van der Waals surface area (Å²) in [5.41, 5.74) is 1.90. The molecule has 0 fully saturated rings. The van der Waals surface area contributed by atoms with Gasteiger partial charge in [-0.1, -0.05) is 42.6 Å². The van der Waals surface area contributed by atoms with Crippen LogP contribution >= 0.6 is 27.3 Å². The Kier molecular flexibility index (Phi) is 7.50. The fourth-order valence-electron chi connectivity index (χ4n) is 2.84. The van der Waals surface area contributed by atoms with Gasteiger partial charge in [0.25, 0.3) is 0 Å². The Bertz CT molecular complexity index is 304. The van der Waals surface area contributed by atoms with Gasteiger partial charge < -0.3 is 4.90 Å². The third-order valence-corrected chi connectivity index (χ3v) is 5.40. The SMILES string of the molecule is CCCC(CBr)(CCC)CN(C)Cc1ccsc1. The van der Waals surface area contributed by atoms with Gasteiger partial charge in [0.05, 0.1) is 0 Å². The lowest BCUT2D eigenvalue weighted by Crippen LogP contribution is -2.36. The summed E-state index contributed by atoms with van der Waals surface area (Å²) < 4.78 is 0. The van der Waals surface area contributed by atoms with Crippen molar-refractivity contribution in [1.82, 2.24) is 4.90 Å². The molecule has 0 saturated carbocycles. The van der Waals surface area contributed by atoms with E-state index in [4.69, 9.17) is 0 Å². The monoisotopic (exact) mass is 331 g/mol. The molecule has 3 heteroatoms. The summed E-state index contributed by atoms with van der Waals surface area (Å²) in [5, 5.41) is 5.54. The molecule has 0 spiro atoms. The van der Waals surface area contributed by atoms with Crippen molar-refractivity contribution in [2.45, 2.75) is 46.1 Å². The molecule has 1 aromatic heterocycles. The fourth-order valence-corrected chi connectivity index (χ4v) is 4.24. The molecule has 1 heterocycles. The number of nitrogens with zero attached hydrogens (tertiary/aromatic N) is 1. The van der Waals surface area contributed by atoms with E-state index < -0.39 is 0 Å². The van der Waals surface area contributed by atoms with E-state index in [-0.39, 0.29) is 0 Å². The number of alkyl halides is 1. The minimum absolute atomic E-state index is 0.453. The lowest BCUT2D eigenvalue weighted by molar-refractivity contribution is 0.166. The van der Waals surface area contributed by atoms with Crippen LogP contribution in [0.25, 0.3) is 0 Å². The summed E-state index contributed by atoms with van der Waals surface area (Å²) >= 11 is 5.55. The zero-order valence-electron chi connectivity index (χ0n) is 11.9. The average molecular weight is 332 g/mol. The molecule has 1 aromatic rings. The predicted octanol–water partition coefficient (Wildman–Crippen LogP) is 5.16. The summed E-state index contributed by atoms with van der Waals surface area (Å²) in [5.74, 6) is 0. The van der Waals surface area contributed by atoms with E-state index >= 15 is 0 Å². The smallest absolute Gasteiger partial charge is 0.0239 e. The second kappa shape index (κ2) is 8.34. The Morgan fingerprint density at radius 1 is 1.28 bits per heavy atom. The molecule has 104 valence electrons. The summed E-state index contributed by atoms with van der Waals surface area (Å²) in [6.45, 7) is 6.86. The van der Waals surface area contributed by atoms with Gasteiger partial charge in [-0.2, -0.15) is 11.3 Å². The first-order chi connectivity index (χ1) is 8.65. The molecule has 0 bridgehead atoms. The van der Waals surface area contributed by atoms with Crippen LogP contribution in [0.2, 0.25) is 0 Å². The second-order valence-electron chi connectivity index (χ2n) is 5.44. The van der Waals surface area contributed by atoms with E-state index in [0.717, 1.165) is 11.9 Å². The van der Waals surface area contributed by atoms with Crippen molar-refractivity contribution in [2.24, 2.45) is 5.41 Å². The van der Waals surface area contributed by atoms with Crippen molar-refractivity contribution in [1.29, 1.82) is 0 Å². The molecule has 18 heavy (non-hydrogen) atoms. The van der Waals surface area contributed by atoms with Crippen LogP contribution in [0, 0.1) is 5.41 Å². The van der Waals surface area contributed by atoms with Gasteiger partial charge in [-0.3, -0.25) is 0 Å². The summed E-state index contributed by atoms with van der Waals surface area (Å²) in [6.07, 6.45) is 5.19. The van der Waals surface area contributed by atoms with Crippen molar-refractivity contribution < 1.29 is 0 Å². The molecular weight excluding hydrogens is 306 g/mol. The van der Waals surface area contributed by atoms with Gasteiger partial charge in [0.15, 0.2) is 0 Å². The van der Waals surface area contributed by atoms with E-state index in [1.54, 1.807) is 11.3 Å². The minimum Gasteiger partial charge on any atom is -0.302 e. The minimum atomic E-state index is 0.453. The largest absolute Gasteiger partial charge is 0.302 e. The van der Waals surface area contributed by atoms with Crippen LogP contribution in [-0.2, 0) is 6.54 Å². The molecule has 0 unspecified atom stereocenters. The lowest BCUT2D eigenvalue weighted by Gasteiger charge is -2.35. The lowest BCUT2D eigenvalue weighted by atomic mass is 9.80. The number of halogens is 1. The summed E-state index contributed by atoms with van der Waals surface area (Å²) in [6, 6.07) is 2.23. The van der Waals surface area contributed by atoms with Crippen molar-refractivity contribution >= 4 is 27.3 Å². The maximum Gasteiger partial charge on any atom is 0.0239 e. The molecule has 0 aliphatic heterocycles. The van der Waals surface area contributed by atoms with Crippen molar-refractivity contribution in [3.63, 3.8) is 0 Å². The third-order valence-electron chi connectivity index (χ3n) is 3.48. The highest BCUT2D eigenvalue weighted by Crippen LogP contribution is 2.33. The third kappa shape index (κ3) is 5.02. The highest BCUT2D eigenvalue weighted by Gasteiger charge is 2.28. The molecule has 0 atom stereocenters. The Balaban J connectivity index is 2.58. The second-order valence-corrected chi connectivity index (χ2v) is 6.78. The molecule has 0 amide bonds. The van der Waals surface area contributed by atoms with Gasteiger partial charge in [0, 0.05) is 18.4 Å². The zero-order valence-corrected chi connectivity index (χ0v) is 14.3. The first-order valence-corrected chi connectivity index (χ1v) is 8.98. The maximum absolute atomic E-state index is 3.76. The van der Waals surface area contributed by atoms with Crippen molar-refractivity contribution in [3.8, 4) is 0 Å². The van der Waals surface area contributed by atoms with Crippen LogP contribution in [0.15, 0.2) is 16.8 Å².